The Balaban J connectivity index is 1.98. The number of benzene rings is 2. The second kappa shape index (κ2) is 9.53. The van der Waals surface area contributed by atoms with E-state index in [1.54, 1.807) is 24.3 Å². The molecular weight excluding hydrogens is 386 g/mol. The lowest BCUT2D eigenvalue weighted by Crippen LogP contribution is -2.39. The molecule has 0 aliphatic rings. The number of aryl methyl sites for hydroxylation is 1. The maximum atomic E-state index is 12.2. The number of sulfonamides is 1. The van der Waals surface area contributed by atoms with Crippen LogP contribution in [0, 0.1) is 0 Å². The van der Waals surface area contributed by atoms with Crippen LogP contribution in [-0.4, -0.2) is 32.8 Å². The number of nitrogens with zero attached hydrogens (tertiary/aromatic N) is 2. The highest BCUT2D eigenvalue weighted by molar-refractivity contribution is 7.92. The molecule has 6 nitrogen and oxygen atoms in total. The van der Waals surface area contributed by atoms with Gasteiger partial charge in [0.1, 0.15) is 6.54 Å². The smallest absolute Gasteiger partial charge is 0.260 e. The fraction of sp³-hybridized carbons (Fsp3) is 0.263. The molecule has 1 N–H and O–H groups in total. The Morgan fingerprint density at radius 3 is 2.37 bits per heavy atom. The van der Waals surface area contributed by atoms with Crippen molar-refractivity contribution in [2.45, 2.75) is 19.8 Å². The molecule has 0 saturated heterocycles. The molecule has 27 heavy (non-hydrogen) atoms. The van der Waals surface area contributed by atoms with Crippen molar-refractivity contribution in [1.82, 2.24) is 5.43 Å². The number of amides is 1. The number of hydrogen-bond acceptors (Lipinski definition) is 4. The molecule has 0 unspecified atom stereocenters. The van der Waals surface area contributed by atoms with Crippen LogP contribution in [0.15, 0.2) is 59.7 Å². The molecule has 1 amide bonds. The van der Waals surface area contributed by atoms with Crippen molar-refractivity contribution >= 4 is 38.9 Å². The molecule has 2 aromatic carbocycles. The average Bonchev–Trinajstić information content (AvgIpc) is 2.63. The Morgan fingerprint density at radius 1 is 1.11 bits per heavy atom. The molecule has 144 valence electrons. The summed E-state index contributed by atoms with van der Waals surface area (Å²) >= 11 is 6.07. The summed E-state index contributed by atoms with van der Waals surface area (Å²) in [5.41, 5.74) is 4.59. The number of hydrogen-bond donors (Lipinski definition) is 1. The first-order valence-electron chi connectivity index (χ1n) is 8.35. The first-order chi connectivity index (χ1) is 12.8. The van der Waals surface area contributed by atoms with E-state index >= 15 is 0 Å². The van der Waals surface area contributed by atoms with Gasteiger partial charge in [0.25, 0.3) is 5.91 Å². The lowest BCUT2D eigenvalue weighted by atomic mass is 10.1. The van der Waals surface area contributed by atoms with Crippen molar-refractivity contribution < 1.29 is 13.2 Å². The summed E-state index contributed by atoms with van der Waals surface area (Å²) in [6.45, 7) is 1.41. The first kappa shape index (κ1) is 20.9. The number of rotatable bonds is 8. The summed E-state index contributed by atoms with van der Waals surface area (Å²) in [4.78, 5) is 12.2. The van der Waals surface area contributed by atoms with Crippen molar-refractivity contribution in [2.24, 2.45) is 5.10 Å². The number of halogens is 1. The van der Waals surface area contributed by atoms with E-state index in [9.17, 15) is 13.2 Å². The topological polar surface area (TPSA) is 78.8 Å². The monoisotopic (exact) mass is 407 g/mol. The van der Waals surface area contributed by atoms with Gasteiger partial charge in [-0.05, 0) is 37.5 Å². The number of nitrogens with one attached hydrogen (secondary N) is 1. The van der Waals surface area contributed by atoms with Gasteiger partial charge in [0.15, 0.2) is 0 Å². The van der Waals surface area contributed by atoms with Crippen LogP contribution in [0.4, 0.5) is 5.69 Å². The van der Waals surface area contributed by atoms with Crippen molar-refractivity contribution in [2.75, 3.05) is 17.1 Å². The summed E-state index contributed by atoms with van der Waals surface area (Å²) in [7, 11) is -3.68. The largest absolute Gasteiger partial charge is 0.271 e. The van der Waals surface area contributed by atoms with E-state index in [4.69, 9.17) is 11.6 Å². The Kier molecular flexibility index (Phi) is 7.38. The Hall–Kier alpha value is -2.38. The molecule has 8 heteroatoms. The van der Waals surface area contributed by atoms with Gasteiger partial charge in [0.05, 0.1) is 17.0 Å². The minimum Gasteiger partial charge on any atom is -0.271 e. The fourth-order valence-corrected chi connectivity index (χ4v) is 3.54. The summed E-state index contributed by atoms with van der Waals surface area (Å²) in [6, 6.07) is 16.4. The number of carbonyl (C=O) groups is 1. The third-order valence-electron chi connectivity index (χ3n) is 3.80. The summed E-state index contributed by atoms with van der Waals surface area (Å²) in [5, 5.41) is 4.30. The van der Waals surface area contributed by atoms with Gasteiger partial charge in [-0.1, -0.05) is 54.1 Å². The van der Waals surface area contributed by atoms with Gasteiger partial charge in [-0.25, -0.2) is 13.8 Å². The number of carbonyl (C=O) groups excluding carboxylic acids is 1. The third kappa shape index (κ3) is 6.69. The summed E-state index contributed by atoms with van der Waals surface area (Å²) in [6.07, 6.45) is 2.52. The van der Waals surface area contributed by atoms with Gasteiger partial charge in [0.2, 0.25) is 10.0 Å². The SMILES string of the molecule is CC(CCc1ccccc1)=NNC(=O)CN(c1ccccc1Cl)S(C)(=O)=O. The van der Waals surface area contributed by atoms with Crippen LogP contribution in [-0.2, 0) is 21.2 Å². The standard InChI is InChI=1S/C19H22ClN3O3S/c1-15(12-13-16-8-4-3-5-9-16)21-22-19(24)14-23(27(2,25)26)18-11-7-6-10-17(18)20/h3-11H,12-14H2,1-2H3,(H,22,24). The van der Waals surface area contributed by atoms with Crippen molar-refractivity contribution in [1.29, 1.82) is 0 Å². The van der Waals surface area contributed by atoms with E-state index in [-0.39, 0.29) is 10.7 Å². The minimum atomic E-state index is -3.68. The molecule has 0 fully saturated rings. The molecule has 0 aliphatic carbocycles. The Bertz CT molecular complexity index is 915. The predicted octanol–water partition coefficient (Wildman–Crippen LogP) is 3.23. The zero-order valence-electron chi connectivity index (χ0n) is 15.2. The fourth-order valence-electron chi connectivity index (χ4n) is 2.38. The van der Waals surface area contributed by atoms with Gasteiger partial charge in [-0.3, -0.25) is 9.10 Å². The van der Waals surface area contributed by atoms with Gasteiger partial charge in [-0.15, -0.1) is 0 Å². The van der Waals surface area contributed by atoms with E-state index in [0.717, 1.165) is 22.7 Å². The van der Waals surface area contributed by atoms with Gasteiger partial charge >= 0.3 is 0 Å². The Morgan fingerprint density at radius 2 is 1.74 bits per heavy atom. The van der Waals surface area contributed by atoms with Crippen LogP contribution in [0.25, 0.3) is 0 Å². The molecule has 0 aliphatic heterocycles. The molecular formula is C19H22ClN3O3S. The average molecular weight is 408 g/mol. The normalized spacial score (nSPS) is 11.9. The van der Waals surface area contributed by atoms with Crippen LogP contribution in [0.3, 0.4) is 0 Å². The van der Waals surface area contributed by atoms with E-state index in [2.05, 4.69) is 10.5 Å². The highest BCUT2D eigenvalue weighted by Crippen LogP contribution is 2.26. The summed E-state index contributed by atoms with van der Waals surface area (Å²) in [5.74, 6) is -0.542. The molecule has 0 atom stereocenters. The number of para-hydroxylation sites is 1. The lowest BCUT2D eigenvalue weighted by Gasteiger charge is -2.22. The predicted molar refractivity (Wildman–Crippen MR) is 110 cm³/mol. The molecule has 0 radical (unpaired) electrons. The minimum absolute atomic E-state index is 0.248. The number of anilines is 1. The van der Waals surface area contributed by atoms with E-state index < -0.39 is 22.5 Å². The molecule has 0 heterocycles. The quantitative estimate of drug-likeness (QED) is 0.539. The zero-order valence-corrected chi connectivity index (χ0v) is 16.8. The van der Waals surface area contributed by atoms with Crippen LogP contribution >= 0.6 is 11.6 Å². The van der Waals surface area contributed by atoms with Crippen LogP contribution < -0.4 is 9.73 Å². The second-order valence-corrected chi connectivity index (χ2v) is 8.40. The van der Waals surface area contributed by atoms with Crippen LogP contribution in [0.5, 0.6) is 0 Å². The van der Waals surface area contributed by atoms with E-state index in [1.165, 1.54) is 5.56 Å². The number of hydrazone groups is 1. The molecule has 2 aromatic rings. The molecule has 0 saturated carbocycles. The van der Waals surface area contributed by atoms with E-state index in [1.807, 2.05) is 37.3 Å². The maximum Gasteiger partial charge on any atom is 0.260 e. The van der Waals surface area contributed by atoms with Gasteiger partial charge < -0.3 is 0 Å². The molecule has 0 aromatic heterocycles. The van der Waals surface area contributed by atoms with Crippen molar-refractivity contribution in [3.63, 3.8) is 0 Å². The van der Waals surface area contributed by atoms with Crippen molar-refractivity contribution in [3.8, 4) is 0 Å². The van der Waals surface area contributed by atoms with Crippen LogP contribution in [0.2, 0.25) is 5.02 Å². The molecule has 2 rings (SSSR count). The maximum absolute atomic E-state index is 12.2. The third-order valence-corrected chi connectivity index (χ3v) is 5.24. The molecule has 0 bridgehead atoms. The van der Waals surface area contributed by atoms with Gasteiger partial charge in [0, 0.05) is 5.71 Å². The van der Waals surface area contributed by atoms with Gasteiger partial charge in [-0.2, -0.15) is 5.10 Å². The first-order valence-corrected chi connectivity index (χ1v) is 10.6. The zero-order chi connectivity index (χ0) is 19.9. The van der Waals surface area contributed by atoms with Crippen molar-refractivity contribution in [3.05, 3.63) is 65.2 Å². The lowest BCUT2D eigenvalue weighted by molar-refractivity contribution is -0.119. The highest BCUT2D eigenvalue weighted by atomic mass is 35.5. The van der Waals surface area contributed by atoms with E-state index in [0.29, 0.717) is 6.42 Å². The Labute approximate surface area is 164 Å². The van der Waals surface area contributed by atoms with Crippen LogP contribution in [0.1, 0.15) is 18.9 Å². The highest BCUT2D eigenvalue weighted by Gasteiger charge is 2.22. The summed E-state index contributed by atoms with van der Waals surface area (Å²) < 4.78 is 25.1. The second-order valence-electron chi connectivity index (χ2n) is 6.09. The molecule has 0 spiro atoms.